The molecule has 0 saturated carbocycles. The fraction of sp³-hybridized carbons (Fsp3) is 0.286. The van der Waals surface area contributed by atoms with Gasteiger partial charge in [-0.2, -0.15) is 0 Å². The Balaban J connectivity index is 2.72. The Morgan fingerprint density at radius 2 is 2.11 bits per heavy atom. The molecule has 4 heteroatoms. The minimum absolute atomic E-state index is 0.346. The van der Waals surface area contributed by atoms with Crippen LogP contribution in [0.1, 0.15) is 28.4 Å². The summed E-state index contributed by atoms with van der Waals surface area (Å²) in [5.74, 6) is -0.374. The minimum atomic E-state index is -0.374. The zero-order chi connectivity index (χ0) is 13.3. The number of hydrogen-bond donors (Lipinski definition) is 1. The molecule has 0 amide bonds. The van der Waals surface area contributed by atoms with Crippen LogP contribution in [0, 0.1) is 18.4 Å². The summed E-state index contributed by atoms with van der Waals surface area (Å²) in [6.07, 6.45) is 1.63. The van der Waals surface area contributed by atoms with E-state index in [1.54, 1.807) is 13.1 Å². The van der Waals surface area contributed by atoms with Crippen molar-refractivity contribution in [3.05, 3.63) is 39.5 Å². The topological polar surface area (TPSA) is 42.1 Å². The molecular formula is C14H15NO2S. The lowest BCUT2D eigenvalue weighted by Gasteiger charge is -2.08. The fourth-order valence-electron chi connectivity index (χ4n) is 2.09. The Labute approximate surface area is 111 Å². The van der Waals surface area contributed by atoms with Gasteiger partial charge in [-0.3, -0.25) is 0 Å². The summed E-state index contributed by atoms with van der Waals surface area (Å²) in [4.78, 5) is 14.9. The van der Waals surface area contributed by atoms with Gasteiger partial charge in [0.15, 0.2) is 0 Å². The molecule has 0 fully saturated rings. The third kappa shape index (κ3) is 2.16. The third-order valence-electron chi connectivity index (χ3n) is 2.82. The maximum atomic E-state index is 11.8. The molecule has 3 nitrogen and oxygen atoms in total. The molecule has 1 heterocycles. The number of pyridine rings is 1. The van der Waals surface area contributed by atoms with E-state index in [1.165, 1.54) is 0 Å². The number of fused-ring (bicyclic) bond motifs is 1. The van der Waals surface area contributed by atoms with Gasteiger partial charge < -0.3 is 9.72 Å². The van der Waals surface area contributed by atoms with Gasteiger partial charge in [-0.05, 0) is 38.0 Å². The number of benzene rings is 1. The second kappa shape index (κ2) is 4.90. The Kier molecular flexibility index (Phi) is 3.48. The Morgan fingerprint density at radius 1 is 1.39 bits per heavy atom. The molecule has 0 aliphatic rings. The van der Waals surface area contributed by atoms with Crippen molar-refractivity contribution in [2.24, 2.45) is 0 Å². The highest BCUT2D eigenvalue weighted by molar-refractivity contribution is 7.71. The van der Waals surface area contributed by atoms with Gasteiger partial charge in [-0.15, -0.1) is 0 Å². The minimum Gasteiger partial charge on any atom is -0.462 e. The van der Waals surface area contributed by atoms with Crippen molar-refractivity contribution in [1.29, 1.82) is 0 Å². The van der Waals surface area contributed by atoms with Gasteiger partial charge in [0.1, 0.15) is 0 Å². The molecule has 1 aromatic carbocycles. The Morgan fingerprint density at radius 3 is 2.78 bits per heavy atom. The number of nitrogens with one attached hydrogen (secondary N) is 1. The molecule has 0 saturated heterocycles. The monoisotopic (exact) mass is 261 g/mol. The zero-order valence-electron chi connectivity index (χ0n) is 10.7. The summed E-state index contributed by atoms with van der Waals surface area (Å²) in [5, 5.41) is 0.918. The summed E-state index contributed by atoms with van der Waals surface area (Å²) < 4.78 is 5.55. The van der Waals surface area contributed by atoms with Crippen LogP contribution in [-0.4, -0.2) is 17.6 Å². The van der Waals surface area contributed by atoms with E-state index < -0.39 is 0 Å². The highest BCUT2D eigenvalue weighted by Gasteiger charge is 2.12. The van der Waals surface area contributed by atoms with Gasteiger partial charge in [-0.1, -0.05) is 18.3 Å². The first-order valence-corrected chi connectivity index (χ1v) is 6.25. The lowest BCUT2D eigenvalue weighted by Crippen LogP contribution is -2.06. The molecule has 0 unspecified atom stereocenters. The molecule has 18 heavy (non-hydrogen) atoms. The van der Waals surface area contributed by atoms with Crippen LogP contribution in [0.4, 0.5) is 0 Å². The fourth-order valence-corrected chi connectivity index (χ4v) is 2.51. The third-order valence-corrected chi connectivity index (χ3v) is 3.24. The SMILES string of the molecule is CCOC(=O)c1c[nH]c2cc(C)cc(C)c2c1=S. The summed E-state index contributed by atoms with van der Waals surface area (Å²) in [6, 6.07) is 4.08. The highest BCUT2D eigenvalue weighted by atomic mass is 32.1. The molecule has 0 bridgehead atoms. The first-order valence-electron chi connectivity index (χ1n) is 5.84. The first-order chi connectivity index (χ1) is 8.54. The van der Waals surface area contributed by atoms with E-state index in [1.807, 2.05) is 19.9 Å². The highest BCUT2D eigenvalue weighted by Crippen LogP contribution is 2.22. The number of carbonyl (C=O) groups excluding carboxylic acids is 1. The molecule has 0 spiro atoms. The molecule has 1 N–H and O–H groups in total. The molecule has 0 aliphatic heterocycles. The van der Waals surface area contributed by atoms with Gasteiger partial charge in [0.25, 0.3) is 0 Å². The van der Waals surface area contributed by atoms with Gasteiger partial charge in [0.05, 0.1) is 16.7 Å². The summed E-state index contributed by atoms with van der Waals surface area (Å²) in [6.45, 7) is 6.15. The molecule has 0 radical (unpaired) electrons. The lowest BCUT2D eigenvalue weighted by atomic mass is 10.0. The van der Waals surface area contributed by atoms with Crippen LogP contribution in [0.25, 0.3) is 10.9 Å². The van der Waals surface area contributed by atoms with E-state index in [4.69, 9.17) is 17.0 Å². The second-order valence-electron chi connectivity index (χ2n) is 4.26. The number of hydrogen-bond acceptors (Lipinski definition) is 3. The van der Waals surface area contributed by atoms with Gasteiger partial charge >= 0.3 is 5.97 Å². The van der Waals surface area contributed by atoms with Gasteiger partial charge in [-0.25, -0.2) is 4.79 Å². The summed E-state index contributed by atoms with van der Waals surface area (Å²) in [5.41, 5.74) is 3.60. The van der Waals surface area contributed by atoms with E-state index in [2.05, 4.69) is 11.1 Å². The number of ether oxygens (including phenoxy) is 1. The number of carbonyl (C=O) groups is 1. The summed E-state index contributed by atoms with van der Waals surface area (Å²) >= 11 is 5.39. The largest absolute Gasteiger partial charge is 0.462 e. The van der Waals surface area contributed by atoms with E-state index in [9.17, 15) is 4.79 Å². The maximum Gasteiger partial charge on any atom is 0.341 e. The predicted molar refractivity (Wildman–Crippen MR) is 74.6 cm³/mol. The van der Waals surface area contributed by atoms with Gasteiger partial charge in [0.2, 0.25) is 0 Å². The van der Waals surface area contributed by atoms with E-state index in [0.29, 0.717) is 16.7 Å². The number of aromatic nitrogens is 1. The quantitative estimate of drug-likeness (QED) is 0.662. The molecule has 0 aliphatic carbocycles. The van der Waals surface area contributed by atoms with Crippen molar-refractivity contribution in [2.75, 3.05) is 6.61 Å². The molecule has 94 valence electrons. The van der Waals surface area contributed by atoms with E-state index >= 15 is 0 Å². The second-order valence-corrected chi connectivity index (χ2v) is 4.66. The van der Waals surface area contributed by atoms with Crippen LogP contribution in [0.3, 0.4) is 0 Å². The van der Waals surface area contributed by atoms with Crippen molar-refractivity contribution in [1.82, 2.24) is 4.98 Å². The van der Waals surface area contributed by atoms with Crippen molar-refractivity contribution in [3.63, 3.8) is 0 Å². The van der Waals surface area contributed by atoms with Crippen LogP contribution in [0.15, 0.2) is 18.3 Å². The van der Waals surface area contributed by atoms with Crippen molar-refractivity contribution >= 4 is 29.1 Å². The smallest absolute Gasteiger partial charge is 0.341 e. The zero-order valence-corrected chi connectivity index (χ0v) is 11.5. The first kappa shape index (κ1) is 12.8. The standard InChI is InChI=1S/C14H15NO2S/c1-4-17-14(16)10-7-15-11-6-8(2)5-9(3)12(11)13(10)18/h5-7H,4H2,1-3H3,(H,15,18). The number of esters is 1. The maximum absolute atomic E-state index is 11.8. The van der Waals surface area contributed by atoms with Crippen molar-refractivity contribution in [3.8, 4) is 0 Å². The molecule has 2 rings (SSSR count). The van der Waals surface area contributed by atoms with Crippen molar-refractivity contribution in [2.45, 2.75) is 20.8 Å². The molecule has 1 aromatic heterocycles. The summed E-state index contributed by atoms with van der Waals surface area (Å²) in [7, 11) is 0. The normalized spacial score (nSPS) is 10.6. The van der Waals surface area contributed by atoms with Crippen LogP contribution < -0.4 is 0 Å². The van der Waals surface area contributed by atoms with E-state index in [-0.39, 0.29) is 5.97 Å². The molecular weight excluding hydrogens is 246 g/mol. The lowest BCUT2D eigenvalue weighted by molar-refractivity contribution is 0.0525. The molecule has 0 atom stereocenters. The van der Waals surface area contributed by atoms with Crippen molar-refractivity contribution < 1.29 is 9.53 Å². The number of aromatic amines is 1. The van der Waals surface area contributed by atoms with E-state index in [0.717, 1.165) is 22.0 Å². The Bertz CT molecular complexity index is 673. The van der Waals surface area contributed by atoms with Crippen LogP contribution in [0.2, 0.25) is 0 Å². The van der Waals surface area contributed by atoms with Crippen LogP contribution in [0.5, 0.6) is 0 Å². The number of H-pyrrole nitrogens is 1. The Hall–Kier alpha value is -1.68. The van der Waals surface area contributed by atoms with Crippen LogP contribution >= 0.6 is 12.2 Å². The average Bonchev–Trinajstić information content (AvgIpc) is 2.28. The number of aryl methyl sites for hydroxylation is 2. The molecule has 2 aromatic rings. The average molecular weight is 261 g/mol. The number of rotatable bonds is 2. The van der Waals surface area contributed by atoms with Gasteiger partial charge in [0, 0.05) is 17.1 Å². The predicted octanol–water partition coefficient (Wildman–Crippen LogP) is 3.69. The van der Waals surface area contributed by atoms with Crippen LogP contribution in [-0.2, 0) is 4.74 Å².